The molecule has 2 N–H and O–H groups in total. The molecule has 0 radical (unpaired) electrons. The van der Waals surface area contributed by atoms with Crippen molar-refractivity contribution >= 4 is 48.8 Å². The molecule has 2 amide bonds. The van der Waals surface area contributed by atoms with Crippen molar-refractivity contribution in [1.82, 2.24) is 14.9 Å². The van der Waals surface area contributed by atoms with Gasteiger partial charge < -0.3 is 28.8 Å². The molecule has 5 rings (SSSR count). The van der Waals surface area contributed by atoms with Gasteiger partial charge in [-0.3, -0.25) is 14.9 Å². The van der Waals surface area contributed by atoms with Crippen LogP contribution in [0.3, 0.4) is 0 Å². The SMILES string of the molecule is CCC1(OC(=O)CNC(=O)OC(C)(C)C)C(=O)OC(CC[Si](C)(C)C)c2c1cc1n(c2=O)Cc2cc3cc(NC(=O)OC(C)(C)C)ccc3nc2-1. The van der Waals surface area contributed by atoms with E-state index in [9.17, 15) is 24.0 Å². The maximum absolute atomic E-state index is 14.5. The molecule has 0 aliphatic carbocycles. The summed E-state index contributed by atoms with van der Waals surface area (Å²) in [5.41, 5.74) is -0.260. The van der Waals surface area contributed by atoms with E-state index in [0.29, 0.717) is 29.0 Å². The Labute approximate surface area is 298 Å². The third-order valence-electron chi connectivity index (χ3n) is 8.50. The van der Waals surface area contributed by atoms with Crippen LogP contribution < -0.4 is 16.2 Å². The molecule has 0 saturated carbocycles. The van der Waals surface area contributed by atoms with Gasteiger partial charge in [-0.2, -0.15) is 0 Å². The summed E-state index contributed by atoms with van der Waals surface area (Å²) in [5, 5.41) is 5.87. The molecular weight excluding hydrogens is 673 g/mol. The molecule has 14 heteroatoms. The first kappa shape index (κ1) is 37.5. The van der Waals surface area contributed by atoms with Crippen LogP contribution in [0.4, 0.5) is 15.3 Å². The molecule has 3 aromatic rings. The lowest BCUT2D eigenvalue weighted by molar-refractivity contribution is -0.193. The van der Waals surface area contributed by atoms with Gasteiger partial charge in [0.25, 0.3) is 5.56 Å². The highest BCUT2D eigenvalue weighted by Gasteiger charge is 2.53. The Hall–Kier alpha value is -4.72. The Morgan fingerprint density at radius 3 is 2.29 bits per heavy atom. The number of alkyl carbamates (subject to hydrolysis) is 1. The number of esters is 2. The molecule has 2 aromatic heterocycles. The van der Waals surface area contributed by atoms with Crippen molar-refractivity contribution in [3.8, 4) is 11.4 Å². The summed E-state index contributed by atoms with van der Waals surface area (Å²) in [5.74, 6) is -1.67. The summed E-state index contributed by atoms with van der Waals surface area (Å²) < 4.78 is 24.1. The number of rotatable bonds is 8. The first-order valence-corrected chi connectivity index (χ1v) is 20.9. The van der Waals surface area contributed by atoms with Crippen LogP contribution in [-0.4, -0.2) is 59.5 Å². The number of nitrogens with one attached hydrogen (secondary N) is 2. The first-order valence-electron chi connectivity index (χ1n) is 17.2. The van der Waals surface area contributed by atoms with Crippen molar-refractivity contribution in [2.75, 3.05) is 11.9 Å². The van der Waals surface area contributed by atoms with Crippen molar-refractivity contribution in [2.45, 2.75) is 116 Å². The number of aromatic nitrogens is 2. The first-order chi connectivity index (χ1) is 23.6. The van der Waals surface area contributed by atoms with Crippen LogP contribution in [0, 0.1) is 0 Å². The highest BCUT2D eigenvalue weighted by atomic mass is 28.3. The van der Waals surface area contributed by atoms with Crippen LogP contribution in [0.5, 0.6) is 0 Å². The van der Waals surface area contributed by atoms with Crippen LogP contribution in [0.2, 0.25) is 25.7 Å². The molecule has 4 heterocycles. The predicted molar refractivity (Wildman–Crippen MR) is 194 cm³/mol. The predicted octanol–water partition coefficient (Wildman–Crippen LogP) is 6.77. The Bertz CT molecular complexity index is 1970. The average Bonchev–Trinajstić information content (AvgIpc) is 3.35. The largest absolute Gasteiger partial charge is 0.454 e. The molecule has 1 aromatic carbocycles. The van der Waals surface area contributed by atoms with Gasteiger partial charge in [0.2, 0.25) is 5.60 Å². The molecule has 0 saturated heterocycles. The number of hydrogen-bond acceptors (Lipinski definition) is 10. The van der Waals surface area contributed by atoms with Gasteiger partial charge in [-0.15, -0.1) is 0 Å². The zero-order chi connectivity index (χ0) is 37.7. The third kappa shape index (κ3) is 8.27. The number of carbonyl (C=O) groups is 4. The van der Waals surface area contributed by atoms with E-state index in [1.165, 1.54) is 0 Å². The summed E-state index contributed by atoms with van der Waals surface area (Å²) in [4.78, 5) is 71.3. The van der Waals surface area contributed by atoms with Crippen molar-refractivity contribution < 1.29 is 38.1 Å². The number of ether oxygens (including phenoxy) is 4. The second-order valence-corrected chi connectivity index (χ2v) is 21.9. The summed E-state index contributed by atoms with van der Waals surface area (Å²) in [7, 11) is -1.62. The lowest BCUT2D eigenvalue weighted by Gasteiger charge is -2.39. The summed E-state index contributed by atoms with van der Waals surface area (Å²) in [6.07, 6.45) is -1.81. The fraction of sp³-hybridized carbons (Fsp3) is 0.514. The molecular formula is C37H48N4O9Si. The van der Waals surface area contributed by atoms with Gasteiger partial charge in [-0.05, 0) is 84.7 Å². The van der Waals surface area contributed by atoms with E-state index in [0.717, 1.165) is 17.0 Å². The number of fused-ring (bicyclic) bond motifs is 5. The number of anilines is 1. The van der Waals surface area contributed by atoms with Gasteiger partial charge in [0.1, 0.15) is 23.9 Å². The highest BCUT2D eigenvalue weighted by molar-refractivity contribution is 6.76. The Balaban J connectivity index is 1.56. The normalized spacial score (nSPS) is 18.2. The number of carbonyl (C=O) groups excluding carboxylic acids is 4. The number of hydrogen-bond donors (Lipinski definition) is 2. The summed E-state index contributed by atoms with van der Waals surface area (Å²) in [6.45, 7) is 18.4. The van der Waals surface area contributed by atoms with E-state index in [4.69, 9.17) is 23.9 Å². The molecule has 2 atom stereocenters. The summed E-state index contributed by atoms with van der Waals surface area (Å²) in [6, 6.07) is 9.70. The van der Waals surface area contributed by atoms with Crippen molar-refractivity contribution in [1.29, 1.82) is 0 Å². The maximum atomic E-state index is 14.5. The van der Waals surface area contributed by atoms with E-state index in [2.05, 4.69) is 30.3 Å². The van der Waals surface area contributed by atoms with E-state index in [1.807, 2.05) is 6.07 Å². The second kappa shape index (κ2) is 13.4. The summed E-state index contributed by atoms with van der Waals surface area (Å²) >= 11 is 0. The molecule has 2 aliphatic rings. The van der Waals surface area contributed by atoms with Crippen molar-refractivity contribution in [2.24, 2.45) is 0 Å². The minimum absolute atomic E-state index is 0.0217. The molecule has 2 aliphatic heterocycles. The van der Waals surface area contributed by atoms with Crippen LogP contribution in [-0.2, 0) is 40.7 Å². The second-order valence-electron chi connectivity index (χ2n) is 16.3. The van der Waals surface area contributed by atoms with Crippen LogP contribution >= 0.6 is 0 Å². The lowest BCUT2D eigenvalue weighted by Crippen LogP contribution is -2.50. The van der Waals surface area contributed by atoms with Crippen molar-refractivity contribution in [3.63, 3.8) is 0 Å². The zero-order valence-corrected chi connectivity index (χ0v) is 32.1. The quantitative estimate of drug-likeness (QED) is 0.113. The minimum Gasteiger partial charge on any atom is -0.454 e. The standard InChI is InChI=1S/C37H48N4O9Si/c1-11-37(48-28(42)19-38-33(45)49-35(2,3)4)24-18-26-30-22(16-21-17-23(12-13-25(21)40-30)39-34(46)50-36(5,6)7)20-41(26)31(43)29(24)27(47-32(37)44)14-15-51(8,9)10/h12-13,16-18,27H,11,14-15,19-20H2,1-10H3,(H,38,45)(H,39,46). The topological polar surface area (TPSA) is 164 Å². The van der Waals surface area contributed by atoms with Crippen LogP contribution in [0.15, 0.2) is 35.1 Å². The fourth-order valence-corrected chi connectivity index (χ4v) is 7.37. The van der Waals surface area contributed by atoms with Crippen molar-refractivity contribution in [3.05, 3.63) is 57.4 Å². The van der Waals surface area contributed by atoms with Gasteiger partial charge in [0.15, 0.2) is 0 Å². The molecule has 0 spiro atoms. The van der Waals surface area contributed by atoms with E-state index in [1.54, 1.807) is 77.3 Å². The molecule has 274 valence electrons. The van der Waals surface area contributed by atoms with Crippen LogP contribution in [0.25, 0.3) is 22.3 Å². The monoisotopic (exact) mass is 720 g/mol. The van der Waals surface area contributed by atoms with Gasteiger partial charge in [0.05, 0.1) is 29.0 Å². The number of nitrogens with zero attached hydrogens (tertiary/aromatic N) is 2. The zero-order valence-electron chi connectivity index (χ0n) is 31.1. The van der Waals surface area contributed by atoms with E-state index >= 15 is 0 Å². The molecule has 2 unspecified atom stereocenters. The number of amides is 2. The highest BCUT2D eigenvalue weighted by Crippen LogP contribution is 2.45. The molecule has 0 fully saturated rings. The Morgan fingerprint density at radius 2 is 1.67 bits per heavy atom. The number of benzene rings is 1. The Morgan fingerprint density at radius 1 is 1.00 bits per heavy atom. The van der Waals surface area contributed by atoms with Gasteiger partial charge in [-0.1, -0.05) is 32.6 Å². The van der Waals surface area contributed by atoms with Crippen LogP contribution in [0.1, 0.15) is 84.1 Å². The average molecular weight is 721 g/mol. The number of cyclic esters (lactones) is 1. The third-order valence-corrected chi connectivity index (χ3v) is 10.3. The Kier molecular flexibility index (Phi) is 9.89. The fourth-order valence-electron chi connectivity index (χ4n) is 6.25. The molecule has 51 heavy (non-hydrogen) atoms. The lowest BCUT2D eigenvalue weighted by atomic mass is 9.82. The van der Waals surface area contributed by atoms with E-state index < -0.39 is 61.7 Å². The molecule has 0 bridgehead atoms. The van der Waals surface area contributed by atoms with Gasteiger partial charge >= 0.3 is 24.1 Å². The minimum atomic E-state index is -1.94. The van der Waals surface area contributed by atoms with E-state index in [-0.39, 0.29) is 29.7 Å². The number of pyridine rings is 2. The molecule has 13 nitrogen and oxygen atoms in total. The smallest absolute Gasteiger partial charge is 0.412 e. The van der Waals surface area contributed by atoms with Gasteiger partial charge in [-0.25, -0.2) is 19.4 Å². The maximum Gasteiger partial charge on any atom is 0.412 e. The van der Waals surface area contributed by atoms with Gasteiger partial charge in [0, 0.05) is 30.3 Å².